The zero-order valence-corrected chi connectivity index (χ0v) is 10.9. The van der Waals surface area contributed by atoms with Crippen LogP contribution in [0.5, 0.6) is 0 Å². The minimum Gasteiger partial charge on any atom is -0.392 e. The molecule has 0 aromatic heterocycles. The molecular formula is C14H27NO. The van der Waals surface area contributed by atoms with Gasteiger partial charge in [0.1, 0.15) is 0 Å². The van der Waals surface area contributed by atoms with E-state index in [2.05, 4.69) is 18.7 Å². The maximum Gasteiger partial charge on any atom is 0.0670 e. The fraction of sp³-hybridized carbons (Fsp3) is 1.00. The van der Waals surface area contributed by atoms with Gasteiger partial charge in [0.2, 0.25) is 0 Å². The van der Waals surface area contributed by atoms with Crippen LogP contribution in [-0.2, 0) is 0 Å². The first-order valence-corrected chi connectivity index (χ1v) is 7.01. The van der Waals surface area contributed by atoms with Crippen LogP contribution in [0, 0.1) is 5.92 Å². The van der Waals surface area contributed by atoms with Gasteiger partial charge in [0.05, 0.1) is 6.10 Å². The smallest absolute Gasteiger partial charge is 0.0670 e. The molecule has 2 rings (SSSR count). The molecule has 1 N–H and O–H groups in total. The minimum absolute atomic E-state index is 0.0968. The number of hydrogen-bond acceptors (Lipinski definition) is 2. The Morgan fingerprint density at radius 2 is 1.94 bits per heavy atom. The highest BCUT2D eigenvalue weighted by molar-refractivity contribution is 4.89. The van der Waals surface area contributed by atoms with Crippen molar-refractivity contribution >= 4 is 0 Å². The summed E-state index contributed by atoms with van der Waals surface area (Å²) in [6, 6.07) is 0. The van der Waals surface area contributed by atoms with Crippen LogP contribution in [-0.4, -0.2) is 34.7 Å². The molecule has 1 saturated heterocycles. The van der Waals surface area contributed by atoms with E-state index in [0.717, 1.165) is 18.9 Å². The predicted molar refractivity (Wildman–Crippen MR) is 67.5 cm³/mol. The molecule has 94 valence electrons. The lowest BCUT2D eigenvalue weighted by Crippen LogP contribution is -2.43. The van der Waals surface area contributed by atoms with Gasteiger partial charge in [-0.15, -0.1) is 0 Å². The van der Waals surface area contributed by atoms with Crippen molar-refractivity contribution in [3.05, 3.63) is 0 Å². The third-order valence-electron chi connectivity index (χ3n) is 4.58. The zero-order chi connectivity index (χ0) is 11.6. The number of nitrogens with zero attached hydrogens (tertiary/aromatic N) is 1. The van der Waals surface area contributed by atoms with Crippen LogP contribution in [0.15, 0.2) is 0 Å². The van der Waals surface area contributed by atoms with E-state index in [4.69, 9.17) is 0 Å². The van der Waals surface area contributed by atoms with Gasteiger partial charge in [-0.3, -0.25) is 4.90 Å². The van der Waals surface area contributed by atoms with Gasteiger partial charge in [-0.05, 0) is 45.6 Å². The van der Waals surface area contributed by atoms with Crippen molar-refractivity contribution in [3.63, 3.8) is 0 Å². The SMILES string of the molecule is CC1(C)CCCN1CC(O)CC1CCCC1. The second kappa shape index (κ2) is 5.05. The van der Waals surface area contributed by atoms with Crippen LogP contribution >= 0.6 is 0 Å². The molecular weight excluding hydrogens is 198 g/mol. The monoisotopic (exact) mass is 225 g/mol. The Labute approximate surface area is 100 Å². The van der Waals surface area contributed by atoms with Crippen LogP contribution in [0.3, 0.4) is 0 Å². The first-order valence-electron chi connectivity index (χ1n) is 7.01. The highest BCUT2D eigenvalue weighted by Gasteiger charge is 2.33. The Morgan fingerprint density at radius 1 is 1.25 bits per heavy atom. The van der Waals surface area contributed by atoms with Gasteiger partial charge in [0.25, 0.3) is 0 Å². The maximum absolute atomic E-state index is 10.2. The Hall–Kier alpha value is -0.0800. The Bertz CT molecular complexity index is 221. The summed E-state index contributed by atoms with van der Waals surface area (Å²) in [6.45, 7) is 6.68. The Balaban J connectivity index is 1.75. The quantitative estimate of drug-likeness (QED) is 0.795. The fourth-order valence-corrected chi connectivity index (χ4v) is 3.46. The number of likely N-dealkylation sites (tertiary alicyclic amines) is 1. The first kappa shape index (κ1) is 12.4. The summed E-state index contributed by atoms with van der Waals surface area (Å²) in [7, 11) is 0. The molecule has 0 aromatic rings. The summed E-state index contributed by atoms with van der Waals surface area (Å²) in [6.07, 6.45) is 8.97. The van der Waals surface area contributed by atoms with E-state index in [0.29, 0.717) is 5.54 Å². The van der Waals surface area contributed by atoms with E-state index in [1.54, 1.807) is 0 Å². The van der Waals surface area contributed by atoms with Gasteiger partial charge < -0.3 is 5.11 Å². The van der Waals surface area contributed by atoms with Crippen molar-refractivity contribution < 1.29 is 5.11 Å². The molecule has 1 saturated carbocycles. The summed E-state index contributed by atoms with van der Waals surface area (Å²) < 4.78 is 0. The van der Waals surface area contributed by atoms with Crippen molar-refractivity contribution in [1.29, 1.82) is 0 Å². The van der Waals surface area contributed by atoms with Crippen molar-refractivity contribution in [1.82, 2.24) is 4.90 Å². The van der Waals surface area contributed by atoms with Crippen LogP contribution in [0.4, 0.5) is 0 Å². The summed E-state index contributed by atoms with van der Waals surface area (Å²) in [5, 5.41) is 10.2. The highest BCUT2D eigenvalue weighted by Crippen LogP contribution is 2.31. The fourth-order valence-electron chi connectivity index (χ4n) is 3.46. The van der Waals surface area contributed by atoms with Gasteiger partial charge in [0.15, 0.2) is 0 Å². The second-order valence-electron chi connectivity index (χ2n) is 6.40. The molecule has 2 heteroatoms. The normalized spacial score (nSPS) is 28.7. The van der Waals surface area contributed by atoms with Crippen LogP contribution in [0.25, 0.3) is 0 Å². The molecule has 0 spiro atoms. The molecule has 1 heterocycles. The van der Waals surface area contributed by atoms with Gasteiger partial charge in [-0.1, -0.05) is 25.7 Å². The molecule has 1 aliphatic carbocycles. The van der Waals surface area contributed by atoms with Gasteiger partial charge in [0, 0.05) is 12.1 Å². The lowest BCUT2D eigenvalue weighted by atomic mass is 9.98. The molecule has 2 fully saturated rings. The number of hydrogen-bond donors (Lipinski definition) is 1. The molecule has 0 amide bonds. The topological polar surface area (TPSA) is 23.5 Å². The molecule has 0 aromatic carbocycles. The van der Waals surface area contributed by atoms with E-state index >= 15 is 0 Å². The third-order valence-corrected chi connectivity index (χ3v) is 4.58. The molecule has 0 bridgehead atoms. The largest absolute Gasteiger partial charge is 0.392 e. The summed E-state index contributed by atoms with van der Waals surface area (Å²) in [5.41, 5.74) is 0.316. The lowest BCUT2D eigenvalue weighted by molar-refractivity contribution is 0.0629. The zero-order valence-electron chi connectivity index (χ0n) is 10.9. The average Bonchev–Trinajstić information content (AvgIpc) is 2.78. The van der Waals surface area contributed by atoms with Crippen LogP contribution in [0.2, 0.25) is 0 Å². The lowest BCUT2D eigenvalue weighted by Gasteiger charge is -2.33. The average molecular weight is 225 g/mol. The van der Waals surface area contributed by atoms with E-state index in [9.17, 15) is 5.11 Å². The van der Waals surface area contributed by atoms with Crippen molar-refractivity contribution in [3.8, 4) is 0 Å². The molecule has 16 heavy (non-hydrogen) atoms. The first-order chi connectivity index (χ1) is 7.58. The second-order valence-corrected chi connectivity index (χ2v) is 6.40. The predicted octanol–water partition coefficient (Wildman–Crippen LogP) is 2.80. The molecule has 0 radical (unpaired) electrons. The Morgan fingerprint density at radius 3 is 2.50 bits per heavy atom. The van der Waals surface area contributed by atoms with Crippen molar-refractivity contribution in [2.24, 2.45) is 5.92 Å². The van der Waals surface area contributed by atoms with E-state index in [-0.39, 0.29) is 6.10 Å². The van der Waals surface area contributed by atoms with Crippen LogP contribution < -0.4 is 0 Å². The summed E-state index contributed by atoms with van der Waals surface area (Å²) in [4.78, 5) is 2.48. The summed E-state index contributed by atoms with van der Waals surface area (Å²) >= 11 is 0. The van der Waals surface area contributed by atoms with Gasteiger partial charge >= 0.3 is 0 Å². The molecule has 2 aliphatic rings. The standard InChI is InChI=1S/C14H27NO/c1-14(2)8-5-9-15(14)11-13(16)10-12-6-3-4-7-12/h12-13,16H,3-11H2,1-2H3. The number of rotatable bonds is 4. The number of β-amino-alcohol motifs (C(OH)–C–C–N with tert-alkyl or cyclic N) is 1. The summed E-state index contributed by atoms with van der Waals surface area (Å²) in [5.74, 6) is 0.806. The molecule has 1 atom stereocenters. The van der Waals surface area contributed by atoms with Crippen LogP contribution in [0.1, 0.15) is 58.8 Å². The van der Waals surface area contributed by atoms with Crippen molar-refractivity contribution in [2.75, 3.05) is 13.1 Å². The van der Waals surface area contributed by atoms with Crippen molar-refractivity contribution in [2.45, 2.75) is 70.4 Å². The van der Waals surface area contributed by atoms with Gasteiger partial charge in [-0.2, -0.15) is 0 Å². The molecule has 1 aliphatic heterocycles. The van der Waals surface area contributed by atoms with Gasteiger partial charge in [-0.25, -0.2) is 0 Å². The highest BCUT2D eigenvalue weighted by atomic mass is 16.3. The van der Waals surface area contributed by atoms with E-state index in [1.165, 1.54) is 45.1 Å². The molecule has 1 unspecified atom stereocenters. The Kier molecular flexibility index (Phi) is 3.91. The van der Waals surface area contributed by atoms with E-state index < -0.39 is 0 Å². The number of aliphatic hydroxyl groups excluding tert-OH is 1. The van der Waals surface area contributed by atoms with E-state index in [1.807, 2.05) is 0 Å². The third kappa shape index (κ3) is 2.98. The molecule has 2 nitrogen and oxygen atoms in total. The minimum atomic E-state index is -0.0968. The maximum atomic E-state index is 10.2. The number of aliphatic hydroxyl groups is 1.